The Labute approximate surface area is 199 Å². The highest BCUT2D eigenvalue weighted by Gasteiger charge is 2.31. The molecule has 0 atom stereocenters. The van der Waals surface area contributed by atoms with E-state index in [0.29, 0.717) is 6.07 Å². The van der Waals surface area contributed by atoms with Crippen LogP contribution >= 0.6 is 0 Å². The van der Waals surface area contributed by atoms with E-state index in [1.54, 1.807) is 20.8 Å². The third-order valence-electron chi connectivity index (χ3n) is 4.69. The van der Waals surface area contributed by atoms with Gasteiger partial charge in [-0.3, -0.25) is 14.9 Å². The van der Waals surface area contributed by atoms with E-state index < -0.39 is 34.9 Å². The molecule has 3 rings (SSSR count). The highest BCUT2D eigenvalue weighted by atomic mass is 19.4. The summed E-state index contributed by atoms with van der Waals surface area (Å²) in [5.74, 6) is -0.927. The van der Waals surface area contributed by atoms with E-state index in [4.69, 9.17) is 4.74 Å². The Morgan fingerprint density at radius 1 is 0.914 bits per heavy atom. The van der Waals surface area contributed by atoms with Gasteiger partial charge in [-0.2, -0.15) is 13.2 Å². The average Bonchev–Trinajstić information content (AvgIpc) is 2.75. The van der Waals surface area contributed by atoms with Crippen molar-refractivity contribution in [1.29, 1.82) is 0 Å². The fourth-order valence-corrected chi connectivity index (χ4v) is 3.15. The summed E-state index contributed by atoms with van der Waals surface area (Å²) in [4.78, 5) is 38.0. The first kappa shape index (κ1) is 25.5. The molecule has 1 aromatic heterocycles. The lowest BCUT2D eigenvalue weighted by Crippen LogP contribution is -2.30. The topological polar surface area (TPSA) is 89.4 Å². The number of amides is 2. The van der Waals surface area contributed by atoms with E-state index in [2.05, 4.69) is 10.6 Å². The van der Waals surface area contributed by atoms with Crippen LogP contribution in [-0.2, 0) is 17.5 Å². The van der Waals surface area contributed by atoms with Crippen LogP contribution < -0.4 is 16.2 Å². The van der Waals surface area contributed by atoms with Crippen molar-refractivity contribution in [2.75, 3.05) is 10.6 Å². The number of rotatable bonds is 5. The first-order valence-electron chi connectivity index (χ1n) is 10.6. The molecule has 0 bridgehead atoms. The van der Waals surface area contributed by atoms with Gasteiger partial charge in [0.2, 0.25) is 0 Å². The highest BCUT2D eigenvalue weighted by molar-refractivity contribution is 6.06. The summed E-state index contributed by atoms with van der Waals surface area (Å²) >= 11 is 0. The number of benzene rings is 2. The molecule has 0 unspecified atom stereocenters. The van der Waals surface area contributed by atoms with E-state index in [1.807, 2.05) is 30.3 Å². The number of pyridine rings is 1. The van der Waals surface area contributed by atoms with E-state index >= 15 is 0 Å². The van der Waals surface area contributed by atoms with Crippen molar-refractivity contribution >= 4 is 23.4 Å². The van der Waals surface area contributed by atoms with Gasteiger partial charge < -0.3 is 14.6 Å². The third kappa shape index (κ3) is 6.95. The van der Waals surface area contributed by atoms with Crippen LogP contribution in [-0.4, -0.2) is 22.2 Å². The first-order chi connectivity index (χ1) is 16.3. The van der Waals surface area contributed by atoms with Gasteiger partial charge in [0.05, 0.1) is 23.5 Å². The normalized spacial score (nSPS) is 11.6. The summed E-state index contributed by atoms with van der Waals surface area (Å²) in [6, 6.07) is 14.3. The van der Waals surface area contributed by atoms with Gasteiger partial charge in [0, 0.05) is 6.20 Å². The predicted octanol–water partition coefficient (Wildman–Crippen LogP) is 5.51. The minimum atomic E-state index is -4.70. The van der Waals surface area contributed by atoms with Crippen LogP contribution in [0.3, 0.4) is 0 Å². The molecular formula is C25H24F3N3O4. The Bertz CT molecular complexity index is 1280. The predicted molar refractivity (Wildman–Crippen MR) is 125 cm³/mol. The molecular weight excluding hydrogens is 463 g/mol. The van der Waals surface area contributed by atoms with Gasteiger partial charge in [0.25, 0.3) is 11.5 Å². The van der Waals surface area contributed by atoms with Crippen LogP contribution in [0.1, 0.15) is 42.3 Å². The number of alkyl halides is 3. The zero-order chi connectivity index (χ0) is 25.8. The van der Waals surface area contributed by atoms with E-state index in [0.717, 1.165) is 17.7 Å². The SMILES string of the molecule is CC(C)(C)OC(=O)Nc1ccc(C(F)(F)F)cc1NC(=O)c1cccn(Cc2ccccc2)c1=O. The maximum atomic E-state index is 13.3. The molecule has 7 nitrogen and oxygen atoms in total. The lowest BCUT2D eigenvalue weighted by Gasteiger charge is -2.21. The largest absolute Gasteiger partial charge is 0.444 e. The summed E-state index contributed by atoms with van der Waals surface area (Å²) in [5, 5.41) is 4.65. The summed E-state index contributed by atoms with van der Waals surface area (Å²) in [5.41, 5.74) is -2.43. The molecule has 0 fully saturated rings. The monoisotopic (exact) mass is 487 g/mol. The Morgan fingerprint density at radius 3 is 2.23 bits per heavy atom. The van der Waals surface area contributed by atoms with Gasteiger partial charge in [0.1, 0.15) is 11.2 Å². The standard InChI is InChI=1S/C25H24F3N3O4/c1-24(2,3)35-23(34)30-19-12-11-17(25(26,27)28)14-20(19)29-21(32)18-10-7-13-31(22(18)33)15-16-8-5-4-6-9-16/h4-14H,15H2,1-3H3,(H,29,32)(H,30,34). The summed E-state index contributed by atoms with van der Waals surface area (Å²) < 4.78 is 46.3. The third-order valence-corrected chi connectivity index (χ3v) is 4.69. The molecule has 35 heavy (non-hydrogen) atoms. The molecule has 184 valence electrons. The van der Waals surface area contributed by atoms with Crippen molar-refractivity contribution in [2.45, 2.75) is 39.1 Å². The second kappa shape index (κ2) is 10.0. The fraction of sp³-hybridized carbons (Fsp3) is 0.240. The van der Waals surface area contributed by atoms with Crippen molar-refractivity contribution in [3.05, 3.63) is 93.9 Å². The molecule has 3 aromatic rings. The summed E-state index contributed by atoms with van der Waals surface area (Å²) in [7, 11) is 0. The Balaban J connectivity index is 1.92. The molecule has 1 heterocycles. The molecule has 0 saturated heterocycles. The van der Waals surface area contributed by atoms with Gasteiger partial charge in [-0.25, -0.2) is 4.79 Å². The maximum absolute atomic E-state index is 13.3. The molecule has 0 saturated carbocycles. The number of carbonyl (C=O) groups excluding carboxylic acids is 2. The number of carbonyl (C=O) groups is 2. The van der Waals surface area contributed by atoms with Crippen LogP contribution in [0.25, 0.3) is 0 Å². The lowest BCUT2D eigenvalue weighted by atomic mass is 10.1. The minimum Gasteiger partial charge on any atom is -0.444 e. The molecule has 0 radical (unpaired) electrons. The lowest BCUT2D eigenvalue weighted by molar-refractivity contribution is -0.137. The minimum absolute atomic E-state index is 0.124. The number of ether oxygens (including phenoxy) is 1. The molecule has 2 amide bonds. The zero-order valence-electron chi connectivity index (χ0n) is 19.3. The van der Waals surface area contributed by atoms with Crippen molar-refractivity contribution < 1.29 is 27.5 Å². The Morgan fingerprint density at radius 2 is 1.60 bits per heavy atom. The van der Waals surface area contributed by atoms with Gasteiger partial charge in [-0.05, 0) is 56.7 Å². The van der Waals surface area contributed by atoms with Crippen LogP contribution in [0.2, 0.25) is 0 Å². The van der Waals surface area contributed by atoms with Gasteiger partial charge in [-0.1, -0.05) is 30.3 Å². The number of anilines is 2. The second-order valence-electron chi connectivity index (χ2n) is 8.68. The number of nitrogens with zero attached hydrogens (tertiary/aromatic N) is 1. The molecule has 0 spiro atoms. The Kier molecular flexibility index (Phi) is 7.33. The average molecular weight is 487 g/mol. The number of halogens is 3. The van der Waals surface area contributed by atoms with Crippen LogP contribution in [0.5, 0.6) is 0 Å². The molecule has 2 N–H and O–H groups in total. The molecule has 0 aliphatic rings. The highest BCUT2D eigenvalue weighted by Crippen LogP contribution is 2.34. The smallest absolute Gasteiger partial charge is 0.416 e. The number of aromatic nitrogens is 1. The molecule has 0 aliphatic heterocycles. The quantitative estimate of drug-likeness (QED) is 0.496. The van der Waals surface area contributed by atoms with Crippen molar-refractivity contribution in [3.8, 4) is 0 Å². The maximum Gasteiger partial charge on any atom is 0.416 e. The van der Waals surface area contributed by atoms with E-state index in [1.165, 1.54) is 22.9 Å². The first-order valence-corrected chi connectivity index (χ1v) is 10.6. The van der Waals surface area contributed by atoms with Crippen molar-refractivity contribution in [1.82, 2.24) is 4.57 Å². The second-order valence-corrected chi connectivity index (χ2v) is 8.68. The fourth-order valence-electron chi connectivity index (χ4n) is 3.15. The van der Waals surface area contributed by atoms with Crippen LogP contribution in [0, 0.1) is 0 Å². The number of hydrogen-bond donors (Lipinski definition) is 2. The van der Waals surface area contributed by atoms with Crippen molar-refractivity contribution in [2.24, 2.45) is 0 Å². The molecule has 2 aromatic carbocycles. The zero-order valence-corrected chi connectivity index (χ0v) is 19.3. The van der Waals surface area contributed by atoms with Crippen LogP contribution in [0.4, 0.5) is 29.3 Å². The summed E-state index contributed by atoms with van der Waals surface area (Å²) in [6.45, 7) is 5.07. The van der Waals surface area contributed by atoms with Gasteiger partial charge in [0.15, 0.2) is 0 Å². The number of hydrogen-bond acceptors (Lipinski definition) is 4. The summed E-state index contributed by atoms with van der Waals surface area (Å²) in [6.07, 6.45) is -4.11. The van der Waals surface area contributed by atoms with Gasteiger partial charge in [-0.15, -0.1) is 0 Å². The number of nitrogens with one attached hydrogen (secondary N) is 2. The molecule has 0 aliphatic carbocycles. The van der Waals surface area contributed by atoms with E-state index in [9.17, 15) is 27.6 Å². The van der Waals surface area contributed by atoms with Crippen molar-refractivity contribution in [3.63, 3.8) is 0 Å². The van der Waals surface area contributed by atoms with Crippen LogP contribution in [0.15, 0.2) is 71.7 Å². The Hall–Kier alpha value is -4.08. The van der Waals surface area contributed by atoms with E-state index in [-0.39, 0.29) is 23.5 Å². The van der Waals surface area contributed by atoms with Gasteiger partial charge >= 0.3 is 12.3 Å². The molecule has 10 heteroatoms.